The van der Waals surface area contributed by atoms with E-state index in [0.29, 0.717) is 30.9 Å². The summed E-state index contributed by atoms with van der Waals surface area (Å²) in [5, 5.41) is 0. The minimum atomic E-state index is -0.329. The van der Waals surface area contributed by atoms with Crippen LogP contribution in [-0.2, 0) is 25.4 Å². The minimum Gasteiger partial charge on any atom is -0.380 e. The van der Waals surface area contributed by atoms with Crippen molar-refractivity contribution in [2.24, 2.45) is 19.5 Å². The van der Waals surface area contributed by atoms with E-state index >= 15 is 0 Å². The lowest BCUT2D eigenvalue weighted by molar-refractivity contribution is -0.111. The van der Waals surface area contributed by atoms with Crippen LogP contribution in [0.3, 0.4) is 0 Å². The predicted molar refractivity (Wildman–Crippen MR) is 69.1 cm³/mol. The Bertz CT molecular complexity index is 764. The summed E-state index contributed by atoms with van der Waals surface area (Å²) in [4.78, 5) is 28.8. The molecular weight excluding hydrogens is 248 g/mol. The minimum absolute atomic E-state index is 0.137. The van der Waals surface area contributed by atoms with Crippen molar-refractivity contribution in [1.29, 1.82) is 0 Å². The third-order valence-electron chi connectivity index (χ3n) is 3.64. The van der Waals surface area contributed by atoms with Crippen LogP contribution >= 0.6 is 0 Å². The van der Waals surface area contributed by atoms with Crippen molar-refractivity contribution >= 4 is 11.2 Å². The summed E-state index contributed by atoms with van der Waals surface area (Å²) in [6.45, 7) is 3.54. The summed E-state index contributed by atoms with van der Waals surface area (Å²) in [5.41, 5.74) is 0.118. The Hall–Kier alpha value is -1.89. The molecule has 19 heavy (non-hydrogen) atoms. The normalized spacial score (nSPS) is 17.6. The van der Waals surface area contributed by atoms with E-state index in [1.807, 2.05) is 6.92 Å². The molecule has 1 aliphatic rings. The molecule has 2 aromatic rings. The summed E-state index contributed by atoms with van der Waals surface area (Å²) in [6, 6.07) is 0. The second-order valence-electron chi connectivity index (χ2n) is 5.56. The highest BCUT2D eigenvalue weighted by Crippen LogP contribution is 2.27. The number of aryl methyl sites for hydroxylation is 2. The lowest BCUT2D eigenvalue weighted by Gasteiger charge is -2.38. The summed E-state index contributed by atoms with van der Waals surface area (Å²) in [5.74, 6) is 0. The molecule has 2 aromatic heterocycles. The van der Waals surface area contributed by atoms with Gasteiger partial charge in [-0.25, -0.2) is 9.78 Å². The van der Waals surface area contributed by atoms with E-state index in [2.05, 4.69) is 4.98 Å². The maximum Gasteiger partial charge on any atom is 0.332 e. The number of nitrogens with zero attached hydrogens (tertiary/aromatic N) is 4. The lowest BCUT2D eigenvalue weighted by Crippen LogP contribution is -2.50. The first-order valence-corrected chi connectivity index (χ1v) is 6.11. The van der Waals surface area contributed by atoms with Gasteiger partial charge in [-0.05, 0) is 0 Å². The first-order valence-electron chi connectivity index (χ1n) is 6.11. The standard InChI is InChI=1S/C12H16N4O3/c1-12(5-19-6-12)4-16-10(17)8-9(13-7-14(8)2)15(3)11(16)18/h7H,4-6H2,1-3H3. The second kappa shape index (κ2) is 3.80. The Labute approximate surface area is 109 Å². The van der Waals surface area contributed by atoms with E-state index in [1.165, 1.54) is 9.13 Å². The van der Waals surface area contributed by atoms with E-state index < -0.39 is 0 Å². The van der Waals surface area contributed by atoms with Gasteiger partial charge in [0.2, 0.25) is 0 Å². The van der Waals surface area contributed by atoms with Crippen LogP contribution in [0.5, 0.6) is 0 Å². The van der Waals surface area contributed by atoms with Gasteiger partial charge in [0.1, 0.15) is 0 Å². The zero-order valence-electron chi connectivity index (χ0n) is 11.2. The van der Waals surface area contributed by atoms with E-state index in [9.17, 15) is 9.59 Å². The van der Waals surface area contributed by atoms with Crippen LogP contribution in [0.2, 0.25) is 0 Å². The molecule has 0 amide bonds. The maximum absolute atomic E-state index is 12.4. The van der Waals surface area contributed by atoms with Crippen molar-refractivity contribution in [2.75, 3.05) is 13.2 Å². The van der Waals surface area contributed by atoms with E-state index in [-0.39, 0.29) is 16.7 Å². The average molecular weight is 264 g/mol. The molecular formula is C12H16N4O3. The maximum atomic E-state index is 12.4. The van der Waals surface area contributed by atoms with Crippen LogP contribution in [0.15, 0.2) is 15.9 Å². The molecule has 0 spiro atoms. The highest BCUT2D eigenvalue weighted by molar-refractivity contribution is 5.69. The number of imidazole rings is 1. The summed E-state index contributed by atoms with van der Waals surface area (Å²) in [7, 11) is 3.38. The number of hydrogen-bond donors (Lipinski definition) is 0. The topological polar surface area (TPSA) is 71.1 Å². The number of hydrogen-bond acceptors (Lipinski definition) is 4. The largest absolute Gasteiger partial charge is 0.380 e. The highest BCUT2D eigenvalue weighted by Gasteiger charge is 2.35. The zero-order valence-corrected chi connectivity index (χ0v) is 11.2. The monoisotopic (exact) mass is 264 g/mol. The van der Waals surface area contributed by atoms with Gasteiger partial charge < -0.3 is 9.30 Å². The van der Waals surface area contributed by atoms with Gasteiger partial charge in [-0.15, -0.1) is 0 Å². The van der Waals surface area contributed by atoms with Crippen LogP contribution in [0.1, 0.15) is 6.92 Å². The molecule has 1 aliphatic heterocycles. The molecule has 7 heteroatoms. The number of ether oxygens (including phenoxy) is 1. The molecule has 0 bridgehead atoms. The van der Waals surface area contributed by atoms with Crippen LogP contribution in [0.4, 0.5) is 0 Å². The molecule has 1 fully saturated rings. The van der Waals surface area contributed by atoms with Crippen LogP contribution in [-0.4, -0.2) is 31.9 Å². The Kier molecular flexibility index (Phi) is 2.43. The van der Waals surface area contributed by atoms with Gasteiger partial charge in [-0.1, -0.05) is 6.92 Å². The summed E-state index contributed by atoms with van der Waals surface area (Å²) in [6.07, 6.45) is 1.55. The molecule has 102 valence electrons. The Morgan fingerprint density at radius 2 is 2.05 bits per heavy atom. The molecule has 0 radical (unpaired) electrons. The highest BCUT2D eigenvalue weighted by atomic mass is 16.5. The Morgan fingerprint density at radius 1 is 1.37 bits per heavy atom. The molecule has 0 aliphatic carbocycles. The fraction of sp³-hybridized carbons (Fsp3) is 0.583. The van der Waals surface area contributed by atoms with Gasteiger partial charge in [0.05, 0.1) is 19.5 Å². The molecule has 0 atom stereocenters. The number of rotatable bonds is 2. The zero-order chi connectivity index (χ0) is 13.8. The van der Waals surface area contributed by atoms with Gasteiger partial charge in [0, 0.05) is 26.1 Å². The van der Waals surface area contributed by atoms with Crippen molar-refractivity contribution in [2.45, 2.75) is 13.5 Å². The van der Waals surface area contributed by atoms with E-state index in [1.54, 1.807) is 25.0 Å². The molecule has 7 nitrogen and oxygen atoms in total. The van der Waals surface area contributed by atoms with Crippen molar-refractivity contribution in [3.63, 3.8) is 0 Å². The molecule has 0 N–H and O–H groups in total. The average Bonchev–Trinajstić information content (AvgIpc) is 2.72. The number of fused-ring (bicyclic) bond motifs is 1. The van der Waals surface area contributed by atoms with Gasteiger partial charge in [-0.2, -0.15) is 0 Å². The van der Waals surface area contributed by atoms with Crippen LogP contribution < -0.4 is 11.2 Å². The first-order chi connectivity index (χ1) is 8.93. The summed E-state index contributed by atoms with van der Waals surface area (Å²) < 4.78 is 9.52. The first kappa shape index (κ1) is 12.2. The molecule has 0 aromatic carbocycles. The fourth-order valence-corrected chi connectivity index (χ4v) is 2.46. The SMILES string of the molecule is Cn1cnc2c1c(=O)n(CC1(C)COC1)c(=O)n2C. The molecule has 0 unspecified atom stereocenters. The van der Waals surface area contributed by atoms with Gasteiger partial charge in [0.25, 0.3) is 5.56 Å². The van der Waals surface area contributed by atoms with E-state index in [4.69, 9.17) is 4.74 Å². The quantitative estimate of drug-likeness (QED) is 0.731. The van der Waals surface area contributed by atoms with Crippen molar-refractivity contribution < 1.29 is 4.74 Å². The van der Waals surface area contributed by atoms with Gasteiger partial charge in [0.15, 0.2) is 11.2 Å². The fourth-order valence-electron chi connectivity index (χ4n) is 2.46. The molecule has 3 heterocycles. The molecule has 3 rings (SSSR count). The third kappa shape index (κ3) is 1.65. The van der Waals surface area contributed by atoms with Crippen LogP contribution in [0.25, 0.3) is 11.2 Å². The van der Waals surface area contributed by atoms with Crippen molar-refractivity contribution in [3.05, 3.63) is 27.2 Å². The lowest BCUT2D eigenvalue weighted by atomic mass is 9.88. The predicted octanol–water partition coefficient (Wildman–Crippen LogP) is -0.530. The van der Waals surface area contributed by atoms with Gasteiger partial charge in [-0.3, -0.25) is 13.9 Å². The van der Waals surface area contributed by atoms with Crippen LogP contribution in [0, 0.1) is 5.41 Å². The Morgan fingerprint density at radius 3 is 2.63 bits per heavy atom. The van der Waals surface area contributed by atoms with Crippen molar-refractivity contribution in [1.82, 2.24) is 18.7 Å². The Balaban J connectivity index is 2.27. The third-order valence-corrected chi connectivity index (χ3v) is 3.64. The molecule has 0 saturated carbocycles. The van der Waals surface area contributed by atoms with E-state index in [0.717, 1.165) is 0 Å². The summed E-state index contributed by atoms with van der Waals surface area (Å²) >= 11 is 0. The van der Waals surface area contributed by atoms with Crippen molar-refractivity contribution in [3.8, 4) is 0 Å². The molecule has 1 saturated heterocycles. The number of aromatic nitrogens is 4. The van der Waals surface area contributed by atoms with Gasteiger partial charge >= 0.3 is 5.69 Å². The smallest absolute Gasteiger partial charge is 0.332 e. The second-order valence-corrected chi connectivity index (χ2v) is 5.56.